The quantitative estimate of drug-likeness (QED) is 0.385. The van der Waals surface area contributed by atoms with Crippen molar-refractivity contribution in [1.29, 1.82) is 0 Å². The Morgan fingerprint density at radius 2 is 2.44 bits per heavy atom. The summed E-state index contributed by atoms with van der Waals surface area (Å²) in [4.78, 5) is 10.00. The van der Waals surface area contributed by atoms with Gasteiger partial charge in [-0.05, 0) is 11.5 Å². The number of nitrogens with two attached hydrogens (primary N) is 2. The normalized spacial score (nSPS) is 12.6. The number of nitrogens with zero attached hydrogens (tertiary/aromatic N) is 1. The van der Waals surface area contributed by atoms with Crippen LogP contribution in [0.25, 0.3) is 0 Å². The van der Waals surface area contributed by atoms with Crippen LogP contribution in [0.1, 0.15) is 6.42 Å². The lowest BCUT2D eigenvalue weighted by molar-refractivity contribution is -0.222. The number of hydrogen-bond donors (Lipinski definition) is 3. The Morgan fingerprint density at radius 1 is 1.89 bits per heavy atom. The highest BCUT2D eigenvalue weighted by Crippen LogP contribution is 1.86. The highest BCUT2D eigenvalue weighted by Gasteiger charge is 2.09. The molecule has 0 bridgehead atoms. The molecular formula is C4H10N3O2+. The van der Waals surface area contributed by atoms with Gasteiger partial charge in [-0.15, -0.1) is 0 Å². The Labute approximate surface area is 52.4 Å². The summed E-state index contributed by atoms with van der Waals surface area (Å²) in [6, 6.07) is -0.836. The molecule has 0 aliphatic carbocycles. The van der Waals surface area contributed by atoms with E-state index >= 15 is 0 Å². The third-order valence-corrected chi connectivity index (χ3v) is 0.886. The average Bonchev–Trinajstić information content (AvgIpc) is 1.82. The maximum atomic E-state index is 10.00. The molecule has 0 aliphatic rings. The first-order valence-corrected chi connectivity index (χ1v) is 2.53. The fourth-order valence-corrected chi connectivity index (χ4v) is 0.337. The first-order chi connectivity index (χ1) is 4.18. The lowest BCUT2D eigenvalue weighted by Crippen LogP contribution is -2.32. The first kappa shape index (κ1) is 8.03. The van der Waals surface area contributed by atoms with Gasteiger partial charge in [0.05, 0.1) is 0 Å². The topological polar surface area (TPSA) is 101 Å². The monoisotopic (exact) mass is 132 g/mol. The van der Waals surface area contributed by atoms with E-state index < -0.39 is 12.0 Å². The van der Waals surface area contributed by atoms with Crippen molar-refractivity contribution < 1.29 is 15.4 Å². The van der Waals surface area contributed by atoms with Crippen LogP contribution in [-0.4, -0.2) is 23.7 Å². The molecule has 1 unspecified atom stereocenters. The molecule has 0 fully saturated rings. The van der Waals surface area contributed by atoms with Crippen molar-refractivity contribution in [2.75, 3.05) is 6.54 Å². The molecule has 0 aromatic carbocycles. The molecule has 1 atom stereocenters. The SMILES string of the molecule is NC(CCN=[NH2+])C(=O)O. The van der Waals surface area contributed by atoms with Gasteiger partial charge in [-0.1, -0.05) is 0 Å². The molecule has 0 spiro atoms. The number of carbonyl (C=O) groups is 1. The summed E-state index contributed by atoms with van der Waals surface area (Å²) in [7, 11) is 0. The molecule has 5 heteroatoms. The molecule has 9 heavy (non-hydrogen) atoms. The average molecular weight is 132 g/mol. The van der Waals surface area contributed by atoms with E-state index in [0.29, 0.717) is 13.0 Å². The van der Waals surface area contributed by atoms with Crippen molar-refractivity contribution in [1.82, 2.24) is 0 Å². The first-order valence-electron chi connectivity index (χ1n) is 2.53. The van der Waals surface area contributed by atoms with Crippen LogP contribution in [-0.2, 0) is 4.79 Å². The highest BCUT2D eigenvalue weighted by atomic mass is 16.4. The molecule has 0 rings (SSSR count). The van der Waals surface area contributed by atoms with Crippen molar-refractivity contribution >= 4 is 5.97 Å². The van der Waals surface area contributed by atoms with Crippen molar-refractivity contribution in [3.8, 4) is 0 Å². The van der Waals surface area contributed by atoms with E-state index in [-0.39, 0.29) is 0 Å². The second-order valence-corrected chi connectivity index (χ2v) is 1.64. The van der Waals surface area contributed by atoms with Gasteiger partial charge in [-0.2, -0.15) is 5.53 Å². The fraction of sp³-hybridized carbons (Fsp3) is 0.750. The zero-order chi connectivity index (χ0) is 7.28. The van der Waals surface area contributed by atoms with Gasteiger partial charge in [-0.3, -0.25) is 4.79 Å². The molecule has 0 amide bonds. The molecular weight excluding hydrogens is 122 g/mol. The van der Waals surface area contributed by atoms with Crippen LogP contribution in [0.15, 0.2) is 5.11 Å². The largest absolute Gasteiger partial charge is 0.480 e. The van der Waals surface area contributed by atoms with Crippen LogP contribution >= 0.6 is 0 Å². The minimum Gasteiger partial charge on any atom is -0.480 e. The van der Waals surface area contributed by atoms with E-state index in [4.69, 9.17) is 16.4 Å². The molecule has 0 radical (unpaired) electrons. The lowest BCUT2D eigenvalue weighted by atomic mass is 10.2. The van der Waals surface area contributed by atoms with Gasteiger partial charge >= 0.3 is 5.97 Å². The van der Waals surface area contributed by atoms with Crippen LogP contribution in [0.2, 0.25) is 0 Å². The molecule has 0 saturated heterocycles. The van der Waals surface area contributed by atoms with Gasteiger partial charge in [0.15, 0.2) is 0 Å². The molecule has 5 N–H and O–H groups in total. The molecule has 52 valence electrons. The van der Waals surface area contributed by atoms with Gasteiger partial charge in [0.2, 0.25) is 0 Å². The van der Waals surface area contributed by atoms with Crippen LogP contribution < -0.4 is 11.3 Å². The zero-order valence-corrected chi connectivity index (χ0v) is 4.95. The van der Waals surface area contributed by atoms with E-state index in [1.165, 1.54) is 0 Å². The molecule has 0 aliphatic heterocycles. The summed E-state index contributed by atoms with van der Waals surface area (Å²) in [5, 5.41) is 11.4. The minimum absolute atomic E-state index is 0.297. The summed E-state index contributed by atoms with van der Waals surface area (Å²) in [6.45, 7) is 0.299. The summed E-state index contributed by atoms with van der Waals surface area (Å²) in [5.41, 5.74) is 9.84. The Bertz CT molecular complexity index is 114. The van der Waals surface area contributed by atoms with Crippen molar-refractivity contribution in [2.45, 2.75) is 12.5 Å². The Balaban J connectivity index is 3.37. The third-order valence-electron chi connectivity index (χ3n) is 0.886. The predicted octanol–water partition coefficient (Wildman–Crippen LogP) is -2.00. The predicted molar refractivity (Wildman–Crippen MR) is 29.4 cm³/mol. The number of aliphatic carboxylic acids is 1. The summed E-state index contributed by atoms with van der Waals surface area (Å²) in [5.74, 6) is -1.02. The zero-order valence-electron chi connectivity index (χ0n) is 4.95. The summed E-state index contributed by atoms with van der Waals surface area (Å²) < 4.78 is 0. The maximum Gasteiger partial charge on any atom is 0.320 e. The van der Waals surface area contributed by atoms with E-state index in [0.717, 1.165) is 0 Å². The number of hydrogen-bond acceptors (Lipinski definition) is 3. The number of carboxylic acid groups (broad SMARTS) is 1. The number of rotatable bonds is 4. The smallest absolute Gasteiger partial charge is 0.320 e. The molecule has 0 aromatic heterocycles. The Morgan fingerprint density at radius 3 is 2.78 bits per heavy atom. The van der Waals surface area contributed by atoms with Crippen LogP contribution in [0, 0.1) is 0 Å². The fourth-order valence-electron chi connectivity index (χ4n) is 0.337. The lowest BCUT2D eigenvalue weighted by Gasteiger charge is -1.99. The van der Waals surface area contributed by atoms with Gasteiger partial charge in [0.1, 0.15) is 12.6 Å². The van der Waals surface area contributed by atoms with E-state index in [2.05, 4.69) is 5.11 Å². The van der Waals surface area contributed by atoms with E-state index in [1.807, 2.05) is 0 Å². The van der Waals surface area contributed by atoms with Gasteiger partial charge in [0.25, 0.3) is 0 Å². The minimum atomic E-state index is -1.02. The van der Waals surface area contributed by atoms with Gasteiger partial charge < -0.3 is 10.8 Å². The summed E-state index contributed by atoms with van der Waals surface area (Å²) >= 11 is 0. The van der Waals surface area contributed by atoms with E-state index in [9.17, 15) is 4.79 Å². The van der Waals surface area contributed by atoms with Crippen LogP contribution in [0.5, 0.6) is 0 Å². The van der Waals surface area contributed by atoms with Crippen LogP contribution in [0.4, 0.5) is 0 Å². The molecule has 0 aromatic rings. The van der Waals surface area contributed by atoms with Gasteiger partial charge in [-0.25, -0.2) is 0 Å². The molecule has 0 heterocycles. The maximum absolute atomic E-state index is 10.00. The summed E-state index contributed by atoms with van der Waals surface area (Å²) in [6.07, 6.45) is 0.297. The Hall–Kier alpha value is -0.970. The number of carboxylic acids is 1. The van der Waals surface area contributed by atoms with Crippen molar-refractivity contribution in [2.24, 2.45) is 10.8 Å². The molecule has 5 nitrogen and oxygen atoms in total. The standard InChI is InChI=1S/C4H9N3O2/c5-3(4(8)9)1-2-7-6/h3,6H,1-2,5H2,(H,8,9)/p+1. The third kappa shape index (κ3) is 3.60. The highest BCUT2D eigenvalue weighted by molar-refractivity contribution is 5.72. The van der Waals surface area contributed by atoms with E-state index in [1.54, 1.807) is 0 Å². The van der Waals surface area contributed by atoms with Crippen molar-refractivity contribution in [3.05, 3.63) is 0 Å². The second-order valence-electron chi connectivity index (χ2n) is 1.64. The second kappa shape index (κ2) is 3.96. The van der Waals surface area contributed by atoms with Crippen LogP contribution in [0.3, 0.4) is 0 Å². The Kier molecular flexibility index (Phi) is 3.54. The van der Waals surface area contributed by atoms with Crippen molar-refractivity contribution in [3.63, 3.8) is 0 Å². The van der Waals surface area contributed by atoms with Gasteiger partial charge in [0, 0.05) is 0 Å². The molecule has 0 saturated carbocycles.